The summed E-state index contributed by atoms with van der Waals surface area (Å²) in [6, 6.07) is 8.56. The van der Waals surface area contributed by atoms with E-state index in [-0.39, 0.29) is 29.9 Å². The van der Waals surface area contributed by atoms with Gasteiger partial charge in [0.2, 0.25) is 5.82 Å². The highest BCUT2D eigenvalue weighted by atomic mass is 32.1. The summed E-state index contributed by atoms with van der Waals surface area (Å²) in [4.78, 5) is 41.6. The Bertz CT molecular complexity index is 1060. The molecule has 0 spiro atoms. The van der Waals surface area contributed by atoms with Gasteiger partial charge in [-0.2, -0.15) is 4.98 Å². The zero-order chi connectivity index (χ0) is 21.1. The van der Waals surface area contributed by atoms with Crippen molar-refractivity contribution in [2.24, 2.45) is 0 Å². The summed E-state index contributed by atoms with van der Waals surface area (Å²) >= 11 is 1.33. The molecular formula is C19H16N4O6S. The molecule has 0 unspecified atom stereocenters. The fourth-order valence-electron chi connectivity index (χ4n) is 3.19. The molecule has 1 fully saturated rings. The number of hydrogen-bond donors (Lipinski definition) is 0. The maximum Gasteiger partial charge on any atom is 0.329 e. The Kier molecular flexibility index (Phi) is 5.53. The number of non-ortho nitro benzene ring substituents is 1. The van der Waals surface area contributed by atoms with Crippen LogP contribution in [-0.2, 0) is 16.1 Å². The smallest absolute Gasteiger partial charge is 0.329 e. The van der Waals surface area contributed by atoms with Crippen LogP contribution in [0.4, 0.5) is 5.69 Å². The average Bonchev–Trinajstić information content (AvgIpc) is 3.53. The largest absolute Gasteiger partial charge is 0.454 e. The molecular weight excluding hydrogens is 412 g/mol. The van der Waals surface area contributed by atoms with Gasteiger partial charge in [-0.3, -0.25) is 14.9 Å². The number of hydrogen-bond acceptors (Lipinski definition) is 9. The van der Waals surface area contributed by atoms with Crippen LogP contribution in [-0.4, -0.2) is 44.4 Å². The molecule has 1 aliphatic rings. The SMILES string of the molecule is O=C(OCc1nc(-c2ccc([N+](=O)[O-])cc2)no1)[C@@H]1CCCN1C(=O)c1cccs1. The highest BCUT2D eigenvalue weighted by Gasteiger charge is 2.36. The van der Waals surface area contributed by atoms with E-state index < -0.39 is 16.9 Å². The monoisotopic (exact) mass is 428 g/mol. The van der Waals surface area contributed by atoms with Crippen LogP contribution in [0.2, 0.25) is 0 Å². The van der Waals surface area contributed by atoms with E-state index in [4.69, 9.17) is 9.26 Å². The van der Waals surface area contributed by atoms with E-state index in [1.165, 1.54) is 40.5 Å². The lowest BCUT2D eigenvalue weighted by Crippen LogP contribution is -2.41. The summed E-state index contributed by atoms with van der Waals surface area (Å²) in [5.74, 6) is -0.382. The molecule has 3 heterocycles. The van der Waals surface area contributed by atoms with Crippen molar-refractivity contribution in [3.05, 3.63) is 62.7 Å². The fraction of sp³-hybridized carbons (Fsp3) is 0.263. The highest BCUT2D eigenvalue weighted by molar-refractivity contribution is 7.12. The number of nitro benzene ring substituents is 1. The van der Waals surface area contributed by atoms with Crippen molar-refractivity contribution in [2.45, 2.75) is 25.5 Å². The van der Waals surface area contributed by atoms with Gasteiger partial charge in [-0.05, 0) is 36.4 Å². The number of nitrogens with zero attached hydrogens (tertiary/aromatic N) is 4. The van der Waals surface area contributed by atoms with Gasteiger partial charge in [-0.15, -0.1) is 11.3 Å². The first-order valence-corrected chi connectivity index (χ1v) is 9.99. The first-order valence-electron chi connectivity index (χ1n) is 9.11. The number of aromatic nitrogens is 2. The van der Waals surface area contributed by atoms with Crippen LogP contribution < -0.4 is 0 Å². The Morgan fingerprint density at radius 1 is 1.30 bits per heavy atom. The van der Waals surface area contributed by atoms with Crippen LogP contribution in [0, 0.1) is 10.1 Å². The number of carbonyl (C=O) groups is 2. The molecule has 11 heteroatoms. The lowest BCUT2D eigenvalue weighted by Gasteiger charge is -2.22. The van der Waals surface area contributed by atoms with Crippen LogP contribution in [0.1, 0.15) is 28.4 Å². The van der Waals surface area contributed by atoms with Crippen LogP contribution >= 0.6 is 11.3 Å². The molecule has 0 aliphatic carbocycles. The summed E-state index contributed by atoms with van der Waals surface area (Å²) in [6.45, 7) is 0.275. The molecule has 1 saturated heterocycles. The van der Waals surface area contributed by atoms with E-state index in [9.17, 15) is 19.7 Å². The number of carbonyl (C=O) groups excluding carboxylic acids is 2. The lowest BCUT2D eigenvalue weighted by atomic mass is 10.2. The first-order chi connectivity index (χ1) is 14.5. The Balaban J connectivity index is 1.37. The Morgan fingerprint density at radius 2 is 2.10 bits per heavy atom. The molecule has 154 valence electrons. The third kappa shape index (κ3) is 4.06. The van der Waals surface area contributed by atoms with Gasteiger partial charge < -0.3 is 14.2 Å². The van der Waals surface area contributed by atoms with E-state index in [1.54, 1.807) is 12.1 Å². The van der Waals surface area contributed by atoms with Gasteiger partial charge in [0.25, 0.3) is 17.5 Å². The highest BCUT2D eigenvalue weighted by Crippen LogP contribution is 2.24. The fourth-order valence-corrected chi connectivity index (χ4v) is 3.87. The number of esters is 1. The quantitative estimate of drug-likeness (QED) is 0.333. The average molecular weight is 428 g/mol. The number of benzene rings is 1. The summed E-state index contributed by atoms with van der Waals surface area (Å²) in [7, 11) is 0. The third-order valence-corrected chi connectivity index (χ3v) is 5.52. The normalized spacial score (nSPS) is 15.9. The van der Waals surface area contributed by atoms with Gasteiger partial charge in [-0.1, -0.05) is 11.2 Å². The second-order valence-electron chi connectivity index (χ2n) is 6.56. The van der Waals surface area contributed by atoms with Crippen LogP contribution in [0.3, 0.4) is 0 Å². The molecule has 10 nitrogen and oxygen atoms in total. The standard InChI is InChI=1S/C19H16N4O6S/c24-18(15-4-2-10-30-15)22-9-1-3-14(22)19(25)28-11-16-20-17(21-29-16)12-5-7-13(8-6-12)23(26)27/h2,4-8,10,14H,1,3,9,11H2/t14-/m0/s1. The predicted molar refractivity (Wildman–Crippen MR) is 105 cm³/mol. The third-order valence-electron chi connectivity index (χ3n) is 4.66. The van der Waals surface area contributed by atoms with Crippen LogP contribution in [0.5, 0.6) is 0 Å². The van der Waals surface area contributed by atoms with E-state index in [0.717, 1.165) is 6.42 Å². The van der Waals surface area contributed by atoms with Crippen molar-refractivity contribution < 1.29 is 23.8 Å². The molecule has 3 aromatic rings. The minimum absolute atomic E-state index is 0.0467. The van der Waals surface area contributed by atoms with E-state index in [0.29, 0.717) is 23.4 Å². The summed E-state index contributed by atoms with van der Waals surface area (Å²) in [5, 5.41) is 16.3. The van der Waals surface area contributed by atoms with E-state index >= 15 is 0 Å². The number of ether oxygens (including phenoxy) is 1. The van der Waals surface area contributed by atoms with Crippen molar-refractivity contribution in [3.8, 4) is 11.4 Å². The van der Waals surface area contributed by atoms with E-state index in [1.807, 2.05) is 5.38 Å². The molecule has 1 atom stereocenters. The Labute approximate surface area is 174 Å². The molecule has 0 N–H and O–H groups in total. The second kappa shape index (κ2) is 8.41. The number of rotatable bonds is 6. The molecule has 1 aliphatic heterocycles. The molecule has 4 rings (SSSR count). The number of nitro groups is 1. The van der Waals surface area contributed by atoms with Crippen LogP contribution in [0.15, 0.2) is 46.3 Å². The van der Waals surface area contributed by atoms with Crippen molar-refractivity contribution in [3.63, 3.8) is 0 Å². The van der Waals surface area contributed by atoms with E-state index in [2.05, 4.69) is 10.1 Å². The maximum atomic E-state index is 12.6. The van der Waals surface area contributed by atoms with Gasteiger partial charge in [0.1, 0.15) is 6.04 Å². The van der Waals surface area contributed by atoms with Crippen molar-refractivity contribution in [1.29, 1.82) is 0 Å². The van der Waals surface area contributed by atoms with Gasteiger partial charge >= 0.3 is 5.97 Å². The number of likely N-dealkylation sites (tertiary alicyclic amines) is 1. The summed E-state index contributed by atoms with van der Waals surface area (Å²) < 4.78 is 10.4. The van der Waals surface area contributed by atoms with Gasteiger partial charge in [0.05, 0.1) is 9.80 Å². The first kappa shape index (κ1) is 19.7. The molecule has 0 saturated carbocycles. The van der Waals surface area contributed by atoms with Crippen LogP contribution in [0.25, 0.3) is 11.4 Å². The summed E-state index contributed by atoms with van der Waals surface area (Å²) in [5.41, 5.74) is 0.486. The number of amides is 1. The number of thiophene rings is 1. The molecule has 1 aromatic carbocycles. The van der Waals surface area contributed by atoms with Crippen molar-refractivity contribution >= 4 is 28.9 Å². The summed E-state index contributed by atoms with van der Waals surface area (Å²) in [6.07, 6.45) is 1.26. The van der Waals surface area contributed by atoms with Gasteiger partial charge in [0.15, 0.2) is 6.61 Å². The molecule has 0 bridgehead atoms. The topological polar surface area (TPSA) is 129 Å². The van der Waals surface area contributed by atoms with Gasteiger partial charge in [0, 0.05) is 24.2 Å². The van der Waals surface area contributed by atoms with Crippen molar-refractivity contribution in [1.82, 2.24) is 15.0 Å². The zero-order valence-corrected chi connectivity index (χ0v) is 16.4. The Hall–Kier alpha value is -3.60. The molecule has 2 aromatic heterocycles. The second-order valence-corrected chi connectivity index (χ2v) is 7.50. The molecule has 30 heavy (non-hydrogen) atoms. The van der Waals surface area contributed by atoms with Crippen molar-refractivity contribution in [2.75, 3.05) is 6.54 Å². The van der Waals surface area contributed by atoms with Gasteiger partial charge in [-0.25, -0.2) is 4.79 Å². The zero-order valence-electron chi connectivity index (χ0n) is 15.6. The predicted octanol–water partition coefficient (Wildman–Crippen LogP) is 3.05. The Morgan fingerprint density at radius 3 is 2.80 bits per heavy atom. The minimum Gasteiger partial charge on any atom is -0.454 e. The minimum atomic E-state index is -0.642. The maximum absolute atomic E-state index is 12.6. The lowest BCUT2D eigenvalue weighted by molar-refractivity contribution is -0.384. The molecule has 0 radical (unpaired) electrons. The molecule has 1 amide bonds.